The second-order valence-corrected chi connectivity index (χ2v) is 6.44. The molecule has 0 unspecified atom stereocenters. The highest BCUT2D eigenvalue weighted by Crippen LogP contribution is 2.36. The van der Waals surface area contributed by atoms with Crippen molar-refractivity contribution >= 4 is 22.6 Å². The Kier molecular flexibility index (Phi) is 4.14. The number of nitrogens with one attached hydrogen (secondary N) is 1. The van der Waals surface area contributed by atoms with E-state index in [1.807, 2.05) is 0 Å². The highest BCUT2D eigenvalue weighted by Gasteiger charge is 2.34. The number of hydrogen-bond donors (Lipinski definition) is 1. The Balaban J connectivity index is 1.82. The number of halogens is 3. The summed E-state index contributed by atoms with van der Waals surface area (Å²) in [5.41, 5.74) is -0.969. The van der Waals surface area contributed by atoms with Crippen molar-refractivity contribution in [2.24, 2.45) is 0 Å². The number of H-pyrrole nitrogens is 1. The van der Waals surface area contributed by atoms with Gasteiger partial charge in [-0.15, -0.1) is 0 Å². The van der Waals surface area contributed by atoms with Crippen molar-refractivity contribution in [1.29, 1.82) is 0 Å². The SMILES string of the molecule is [CH2][C@H]1CN(c2ccc3cc(-c4ccccc4C(F)(F)F)[nH]c(=O)c3c2)C(=O)O1. The average molecular weight is 387 g/mol. The van der Waals surface area contributed by atoms with Gasteiger partial charge in [-0.05, 0) is 36.6 Å². The third-order valence-electron chi connectivity index (χ3n) is 4.54. The summed E-state index contributed by atoms with van der Waals surface area (Å²) in [6, 6.07) is 11.2. The zero-order valence-corrected chi connectivity index (χ0v) is 14.4. The first-order valence-corrected chi connectivity index (χ1v) is 8.39. The number of nitrogens with zero attached hydrogens (tertiary/aromatic N) is 1. The number of hydrogen-bond acceptors (Lipinski definition) is 3. The van der Waals surface area contributed by atoms with Crippen LogP contribution in [0.1, 0.15) is 5.56 Å². The lowest BCUT2D eigenvalue weighted by molar-refractivity contribution is -0.137. The Labute approximate surface area is 157 Å². The number of aromatic amines is 1. The van der Waals surface area contributed by atoms with Gasteiger partial charge < -0.3 is 9.72 Å². The molecule has 1 aromatic heterocycles. The Morgan fingerprint density at radius 3 is 2.54 bits per heavy atom. The van der Waals surface area contributed by atoms with E-state index >= 15 is 0 Å². The molecular formula is C20H14F3N2O3. The number of amides is 1. The summed E-state index contributed by atoms with van der Waals surface area (Å²) in [5.74, 6) is 0. The minimum Gasteiger partial charge on any atom is -0.444 e. The van der Waals surface area contributed by atoms with Crippen molar-refractivity contribution in [1.82, 2.24) is 4.98 Å². The maximum atomic E-state index is 13.3. The zero-order chi connectivity index (χ0) is 20.1. The monoisotopic (exact) mass is 387 g/mol. The fourth-order valence-corrected chi connectivity index (χ4v) is 3.26. The molecule has 0 bridgehead atoms. The zero-order valence-electron chi connectivity index (χ0n) is 14.4. The van der Waals surface area contributed by atoms with Crippen LogP contribution >= 0.6 is 0 Å². The van der Waals surface area contributed by atoms with Gasteiger partial charge in [-0.2, -0.15) is 13.2 Å². The van der Waals surface area contributed by atoms with E-state index in [-0.39, 0.29) is 23.2 Å². The van der Waals surface area contributed by atoms with Gasteiger partial charge in [0, 0.05) is 22.3 Å². The summed E-state index contributed by atoms with van der Waals surface area (Å²) < 4.78 is 44.9. The van der Waals surface area contributed by atoms with E-state index in [0.29, 0.717) is 11.1 Å². The van der Waals surface area contributed by atoms with Crippen LogP contribution in [0.2, 0.25) is 0 Å². The summed E-state index contributed by atoms with van der Waals surface area (Å²) in [7, 11) is 0. The number of cyclic esters (lactones) is 1. The molecule has 0 aliphatic carbocycles. The second kappa shape index (κ2) is 6.40. The van der Waals surface area contributed by atoms with E-state index in [9.17, 15) is 22.8 Å². The third-order valence-corrected chi connectivity index (χ3v) is 4.54. The van der Waals surface area contributed by atoms with Crippen LogP contribution in [0.25, 0.3) is 22.0 Å². The van der Waals surface area contributed by atoms with Gasteiger partial charge in [-0.25, -0.2) is 4.79 Å². The number of aromatic nitrogens is 1. The van der Waals surface area contributed by atoms with E-state index in [0.717, 1.165) is 6.07 Å². The lowest BCUT2D eigenvalue weighted by Crippen LogP contribution is -2.24. The topological polar surface area (TPSA) is 62.4 Å². The highest BCUT2D eigenvalue weighted by molar-refractivity contribution is 5.94. The molecule has 1 fully saturated rings. The van der Waals surface area contributed by atoms with Gasteiger partial charge in [0.2, 0.25) is 0 Å². The van der Waals surface area contributed by atoms with Crippen molar-refractivity contribution in [2.45, 2.75) is 12.3 Å². The van der Waals surface area contributed by atoms with Crippen LogP contribution in [0.5, 0.6) is 0 Å². The average Bonchev–Trinajstić information content (AvgIpc) is 2.99. The van der Waals surface area contributed by atoms with Gasteiger partial charge in [-0.1, -0.05) is 24.3 Å². The maximum Gasteiger partial charge on any atom is 0.417 e. The van der Waals surface area contributed by atoms with Gasteiger partial charge in [-0.3, -0.25) is 9.69 Å². The normalized spacial score (nSPS) is 17.2. The van der Waals surface area contributed by atoms with Crippen LogP contribution in [-0.4, -0.2) is 23.7 Å². The molecule has 28 heavy (non-hydrogen) atoms. The van der Waals surface area contributed by atoms with Crippen molar-refractivity contribution in [3.63, 3.8) is 0 Å². The van der Waals surface area contributed by atoms with Crippen molar-refractivity contribution in [2.75, 3.05) is 11.4 Å². The fraction of sp³-hybridized carbons (Fsp3) is 0.150. The molecule has 0 saturated carbocycles. The molecule has 8 heteroatoms. The first kappa shape index (κ1) is 18.1. The largest absolute Gasteiger partial charge is 0.444 e. The summed E-state index contributed by atoms with van der Waals surface area (Å²) in [5, 5.41) is 0.712. The molecule has 1 saturated heterocycles. The standard InChI is InChI=1S/C20H14F3N2O3/c1-11-10-25(19(27)28-11)13-7-6-12-8-17(24-18(26)15(12)9-13)14-4-2-3-5-16(14)20(21,22)23/h2-9,11H,1,10H2,(H,24,26)/t11-/m0/s1. The number of carbonyl (C=O) groups is 1. The van der Waals surface area contributed by atoms with Crippen LogP contribution in [-0.2, 0) is 10.9 Å². The number of fused-ring (bicyclic) bond motifs is 1. The number of pyridine rings is 1. The van der Waals surface area contributed by atoms with E-state index in [4.69, 9.17) is 4.74 Å². The number of carbonyl (C=O) groups excluding carboxylic acids is 1. The Morgan fingerprint density at radius 2 is 1.86 bits per heavy atom. The van der Waals surface area contributed by atoms with E-state index in [2.05, 4.69) is 11.9 Å². The van der Waals surface area contributed by atoms with E-state index < -0.39 is 29.5 Å². The van der Waals surface area contributed by atoms with Crippen molar-refractivity contribution in [3.05, 3.63) is 71.4 Å². The molecule has 5 nitrogen and oxygen atoms in total. The molecule has 1 aliphatic heterocycles. The molecule has 1 amide bonds. The number of benzene rings is 2. The van der Waals surface area contributed by atoms with Crippen LogP contribution in [0.15, 0.2) is 53.3 Å². The molecule has 1 aliphatic rings. The molecule has 1 radical (unpaired) electrons. The maximum absolute atomic E-state index is 13.3. The predicted octanol–water partition coefficient (Wildman–Crippen LogP) is 4.37. The van der Waals surface area contributed by atoms with Crippen molar-refractivity contribution in [3.8, 4) is 11.3 Å². The molecule has 4 rings (SSSR count). The molecular weight excluding hydrogens is 373 g/mol. The first-order valence-electron chi connectivity index (χ1n) is 8.39. The summed E-state index contributed by atoms with van der Waals surface area (Å²) in [6.45, 7) is 3.92. The molecule has 1 atom stereocenters. The fourth-order valence-electron chi connectivity index (χ4n) is 3.26. The molecule has 0 spiro atoms. The lowest BCUT2D eigenvalue weighted by atomic mass is 10.0. The summed E-state index contributed by atoms with van der Waals surface area (Å²) >= 11 is 0. The van der Waals surface area contributed by atoms with Crippen LogP contribution in [0.3, 0.4) is 0 Å². The molecule has 2 aromatic carbocycles. The Hall–Kier alpha value is -3.29. The Morgan fingerprint density at radius 1 is 1.11 bits per heavy atom. The molecule has 2 heterocycles. The summed E-state index contributed by atoms with van der Waals surface area (Å²) in [6.07, 6.45) is -5.62. The highest BCUT2D eigenvalue weighted by atomic mass is 19.4. The van der Waals surface area contributed by atoms with Gasteiger partial charge in [0.15, 0.2) is 0 Å². The smallest absolute Gasteiger partial charge is 0.417 e. The number of anilines is 1. The first-order chi connectivity index (χ1) is 13.2. The van der Waals surface area contributed by atoms with Crippen LogP contribution < -0.4 is 10.5 Å². The van der Waals surface area contributed by atoms with Gasteiger partial charge in [0.25, 0.3) is 5.56 Å². The van der Waals surface area contributed by atoms with Crippen molar-refractivity contribution < 1.29 is 22.7 Å². The number of ether oxygens (including phenoxy) is 1. The van der Waals surface area contributed by atoms with Crippen LogP contribution in [0.4, 0.5) is 23.7 Å². The molecule has 1 N–H and O–H groups in total. The summed E-state index contributed by atoms with van der Waals surface area (Å²) in [4.78, 5) is 28.3. The van der Waals surface area contributed by atoms with E-state index in [1.165, 1.54) is 35.2 Å². The molecule has 143 valence electrons. The lowest BCUT2D eigenvalue weighted by Gasteiger charge is -2.15. The number of rotatable bonds is 2. The number of alkyl halides is 3. The predicted molar refractivity (Wildman–Crippen MR) is 98.0 cm³/mol. The third kappa shape index (κ3) is 3.11. The van der Waals surface area contributed by atoms with E-state index in [1.54, 1.807) is 12.1 Å². The van der Waals surface area contributed by atoms with Gasteiger partial charge in [0.1, 0.15) is 6.10 Å². The van der Waals surface area contributed by atoms with Crippen LogP contribution in [0, 0.1) is 6.92 Å². The Bertz CT molecular complexity index is 1140. The quantitative estimate of drug-likeness (QED) is 0.710. The minimum atomic E-state index is -4.55. The minimum absolute atomic E-state index is 0.0663. The van der Waals surface area contributed by atoms with Gasteiger partial charge in [0.05, 0.1) is 12.1 Å². The second-order valence-electron chi connectivity index (χ2n) is 6.44. The molecule has 3 aromatic rings. The van der Waals surface area contributed by atoms with Gasteiger partial charge >= 0.3 is 12.3 Å².